The molecule has 28 heavy (non-hydrogen) atoms. The molecule has 0 aromatic heterocycles. The van der Waals surface area contributed by atoms with Crippen molar-refractivity contribution in [1.29, 1.82) is 0 Å². The molecule has 0 saturated heterocycles. The van der Waals surface area contributed by atoms with Crippen LogP contribution in [0.25, 0.3) is 0 Å². The predicted octanol–water partition coefficient (Wildman–Crippen LogP) is 6.89. The average Bonchev–Trinajstić information content (AvgIpc) is 2.72. The van der Waals surface area contributed by atoms with E-state index < -0.39 is 0 Å². The molecule has 0 aliphatic rings. The Morgan fingerprint density at radius 3 is 1.54 bits per heavy atom. The molecule has 0 radical (unpaired) electrons. The second-order valence-electron chi connectivity index (χ2n) is 7.05. The van der Waals surface area contributed by atoms with Gasteiger partial charge in [0.15, 0.2) is 0 Å². The van der Waals surface area contributed by atoms with Crippen LogP contribution in [0.15, 0.2) is 58.5 Å². The third-order valence-electron chi connectivity index (χ3n) is 5.04. The number of carbonyl (C=O) groups excluding carboxylic acids is 2. The maximum absolute atomic E-state index is 10.4. The fourth-order valence-electron chi connectivity index (χ4n) is 3.50. The molecule has 0 heterocycles. The van der Waals surface area contributed by atoms with Gasteiger partial charge in [0, 0.05) is 5.92 Å². The normalized spacial score (nSPS) is 11.3. The molecule has 0 saturated carbocycles. The third kappa shape index (κ3) is 7.08. The van der Waals surface area contributed by atoms with Gasteiger partial charge in [0.05, 0.1) is 11.4 Å². The molecule has 0 amide bonds. The maximum Gasteiger partial charge on any atom is 0.240 e. The van der Waals surface area contributed by atoms with Crippen molar-refractivity contribution in [3.8, 4) is 0 Å². The molecule has 2 aromatic rings. The zero-order valence-corrected chi connectivity index (χ0v) is 16.6. The van der Waals surface area contributed by atoms with Crippen LogP contribution in [0, 0.1) is 0 Å². The first-order valence-electron chi connectivity index (χ1n) is 10.1. The first-order valence-corrected chi connectivity index (χ1v) is 10.1. The van der Waals surface area contributed by atoms with E-state index in [1.54, 1.807) is 12.2 Å². The zero-order chi connectivity index (χ0) is 20.0. The van der Waals surface area contributed by atoms with Gasteiger partial charge in [-0.1, -0.05) is 76.1 Å². The van der Waals surface area contributed by atoms with Crippen molar-refractivity contribution in [2.45, 2.75) is 64.2 Å². The highest BCUT2D eigenvalue weighted by Crippen LogP contribution is 2.32. The van der Waals surface area contributed by atoms with E-state index in [4.69, 9.17) is 0 Å². The molecule has 146 valence electrons. The van der Waals surface area contributed by atoms with Crippen molar-refractivity contribution in [3.05, 3.63) is 59.7 Å². The summed E-state index contributed by atoms with van der Waals surface area (Å²) in [5.74, 6) is 0.263. The number of hydrogen-bond donors (Lipinski definition) is 0. The van der Waals surface area contributed by atoms with Gasteiger partial charge < -0.3 is 0 Å². The number of benzene rings is 2. The molecular formula is C24H28N2O2. The van der Waals surface area contributed by atoms with Gasteiger partial charge in [-0.3, -0.25) is 0 Å². The van der Waals surface area contributed by atoms with E-state index >= 15 is 0 Å². The van der Waals surface area contributed by atoms with E-state index in [9.17, 15) is 9.59 Å². The monoisotopic (exact) mass is 376 g/mol. The minimum Gasteiger partial charge on any atom is -0.211 e. The van der Waals surface area contributed by atoms with E-state index in [1.807, 2.05) is 48.5 Å². The summed E-state index contributed by atoms with van der Waals surface area (Å²) in [5, 5.41) is 0. The standard InChI is InChI=1S/C24H28N2O2/c1-2-3-4-5-6-7-8-9-24(20-10-14-22(15-11-20)25-18-27)21-12-16-23(17-13-21)26-19-28/h10-17,24H,2-9H2,1H3. The van der Waals surface area contributed by atoms with Gasteiger partial charge in [-0.15, -0.1) is 0 Å². The summed E-state index contributed by atoms with van der Waals surface area (Å²) in [4.78, 5) is 28.2. The minimum absolute atomic E-state index is 0.263. The number of rotatable bonds is 12. The minimum atomic E-state index is 0.263. The summed E-state index contributed by atoms with van der Waals surface area (Å²) in [5.41, 5.74) is 3.62. The number of isocyanates is 2. The fourth-order valence-corrected chi connectivity index (χ4v) is 3.50. The van der Waals surface area contributed by atoms with Gasteiger partial charge >= 0.3 is 0 Å². The van der Waals surface area contributed by atoms with Crippen LogP contribution in [-0.2, 0) is 9.59 Å². The lowest BCUT2D eigenvalue weighted by Crippen LogP contribution is -2.01. The van der Waals surface area contributed by atoms with Gasteiger partial charge in [-0.05, 0) is 41.8 Å². The van der Waals surface area contributed by atoms with E-state index in [2.05, 4.69) is 16.9 Å². The molecule has 0 atom stereocenters. The second kappa shape index (κ2) is 12.6. The van der Waals surface area contributed by atoms with Crippen molar-refractivity contribution < 1.29 is 9.59 Å². The quantitative estimate of drug-likeness (QED) is 0.230. The van der Waals surface area contributed by atoms with Gasteiger partial charge in [-0.2, -0.15) is 9.98 Å². The highest BCUT2D eigenvalue weighted by atomic mass is 16.1. The highest BCUT2D eigenvalue weighted by molar-refractivity contribution is 5.52. The molecule has 2 aromatic carbocycles. The molecule has 0 fully saturated rings. The highest BCUT2D eigenvalue weighted by Gasteiger charge is 2.14. The molecule has 0 aliphatic carbocycles. The number of nitrogens with zero attached hydrogens (tertiary/aromatic N) is 2. The summed E-state index contributed by atoms with van der Waals surface area (Å²) < 4.78 is 0. The van der Waals surface area contributed by atoms with Crippen molar-refractivity contribution in [3.63, 3.8) is 0 Å². The Bertz CT molecular complexity index is 738. The molecular weight excluding hydrogens is 348 g/mol. The molecule has 0 N–H and O–H groups in total. The Labute approximate surface area is 167 Å². The predicted molar refractivity (Wildman–Crippen MR) is 113 cm³/mol. The summed E-state index contributed by atoms with van der Waals surface area (Å²) in [7, 11) is 0. The lowest BCUT2D eigenvalue weighted by molar-refractivity contribution is 0.559. The maximum atomic E-state index is 10.4. The Morgan fingerprint density at radius 1 is 0.679 bits per heavy atom. The van der Waals surface area contributed by atoms with E-state index in [0.717, 1.165) is 6.42 Å². The Hall–Kier alpha value is -2.80. The summed E-state index contributed by atoms with van der Waals surface area (Å²) in [6, 6.07) is 15.5. The van der Waals surface area contributed by atoms with Gasteiger partial charge in [0.25, 0.3) is 0 Å². The van der Waals surface area contributed by atoms with Crippen molar-refractivity contribution in [2.24, 2.45) is 9.98 Å². The Kier molecular flexibility index (Phi) is 9.65. The van der Waals surface area contributed by atoms with Gasteiger partial charge in [0.2, 0.25) is 12.2 Å². The number of hydrogen-bond acceptors (Lipinski definition) is 4. The third-order valence-corrected chi connectivity index (χ3v) is 5.04. The Morgan fingerprint density at radius 2 is 1.11 bits per heavy atom. The topological polar surface area (TPSA) is 58.9 Å². The van der Waals surface area contributed by atoms with E-state index in [1.165, 1.54) is 56.1 Å². The van der Waals surface area contributed by atoms with Gasteiger partial charge in [-0.25, -0.2) is 9.59 Å². The van der Waals surface area contributed by atoms with Crippen LogP contribution in [0.2, 0.25) is 0 Å². The lowest BCUT2D eigenvalue weighted by Gasteiger charge is -2.18. The van der Waals surface area contributed by atoms with Crippen LogP contribution in [0.4, 0.5) is 11.4 Å². The largest absolute Gasteiger partial charge is 0.240 e. The zero-order valence-electron chi connectivity index (χ0n) is 16.6. The fraction of sp³-hybridized carbons (Fsp3) is 0.417. The molecule has 2 rings (SSSR count). The van der Waals surface area contributed by atoms with Crippen LogP contribution < -0.4 is 0 Å². The van der Waals surface area contributed by atoms with Gasteiger partial charge in [0.1, 0.15) is 0 Å². The van der Waals surface area contributed by atoms with Crippen LogP contribution in [0.3, 0.4) is 0 Å². The Balaban J connectivity index is 2.08. The average molecular weight is 377 g/mol. The molecule has 0 bridgehead atoms. The first kappa shape index (κ1) is 21.5. The first-order chi connectivity index (χ1) is 13.8. The second-order valence-corrected chi connectivity index (χ2v) is 7.05. The molecule has 4 nitrogen and oxygen atoms in total. The molecule has 0 unspecified atom stereocenters. The van der Waals surface area contributed by atoms with Crippen LogP contribution in [0.1, 0.15) is 75.3 Å². The van der Waals surface area contributed by atoms with Crippen LogP contribution in [-0.4, -0.2) is 12.2 Å². The number of unbranched alkanes of at least 4 members (excludes halogenated alkanes) is 6. The SMILES string of the molecule is CCCCCCCCCC(c1ccc(N=C=O)cc1)c1ccc(N=C=O)cc1. The van der Waals surface area contributed by atoms with Crippen LogP contribution >= 0.6 is 0 Å². The molecule has 0 aliphatic heterocycles. The molecule has 0 spiro atoms. The lowest BCUT2D eigenvalue weighted by atomic mass is 9.86. The molecule has 4 heteroatoms. The smallest absolute Gasteiger partial charge is 0.211 e. The number of aliphatic imine (C=N–C) groups is 2. The van der Waals surface area contributed by atoms with E-state index in [-0.39, 0.29) is 5.92 Å². The van der Waals surface area contributed by atoms with Crippen LogP contribution in [0.5, 0.6) is 0 Å². The van der Waals surface area contributed by atoms with Crippen molar-refractivity contribution in [1.82, 2.24) is 0 Å². The van der Waals surface area contributed by atoms with Crippen molar-refractivity contribution >= 4 is 23.5 Å². The summed E-state index contributed by atoms with van der Waals surface area (Å²) >= 11 is 0. The summed E-state index contributed by atoms with van der Waals surface area (Å²) in [6.45, 7) is 2.24. The van der Waals surface area contributed by atoms with E-state index in [0.29, 0.717) is 11.4 Å². The summed E-state index contributed by atoms with van der Waals surface area (Å²) in [6.07, 6.45) is 13.1. The van der Waals surface area contributed by atoms with Crippen molar-refractivity contribution in [2.75, 3.05) is 0 Å².